The standard InChI is InChI=1S/C28H41ClN2O5S/c1-7-14-34-23-16-20(18-8-9-18)22(29)15-21(23)25(30-37(33)27(2,3)4)19-10-12-31(13-11-19)26(32)24-17-35-28(5,6)36-24/h7,15-16,18-19,24-25,30H,1,8-14,17H2,2-6H3/t24-,25?,37?/m1/s1. The Balaban J connectivity index is 1.56. The minimum atomic E-state index is -1.31. The van der Waals surface area contributed by atoms with Gasteiger partial charge in [0.1, 0.15) is 17.1 Å². The second-order valence-corrected chi connectivity index (χ2v) is 14.1. The average molecular weight is 553 g/mol. The van der Waals surface area contributed by atoms with Gasteiger partial charge in [0.2, 0.25) is 0 Å². The molecule has 3 fully saturated rings. The van der Waals surface area contributed by atoms with Crippen LogP contribution in [-0.4, -0.2) is 58.3 Å². The van der Waals surface area contributed by atoms with Crippen molar-refractivity contribution in [2.24, 2.45) is 5.92 Å². The van der Waals surface area contributed by atoms with E-state index in [2.05, 4.69) is 17.4 Å². The zero-order chi connectivity index (χ0) is 27.0. The number of rotatable bonds is 9. The van der Waals surface area contributed by atoms with Crippen molar-refractivity contribution in [1.29, 1.82) is 0 Å². The molecule has 1 amide bonds. The number of amides is 1. The van der Waals surface area contributed by atoms with E-state index in [4.69, 9.17) is 25.8 Å². The number of nitrogens with zero attached hydrogens (tertiary/aromatic N) is 1. The van der Waals surface area contributed by atoms with Crippen molar-refractivity contribution in [1.82, 2.24) is 9.62 Å². The number of hydrogen-bond donors (Lipinski definition) is 1. The van der Waals surface area contributed by atoms with Gasteiger partial charge in [-0.15, -0.1) is 4.72 Å². The molecular formula is C28H41ClN2O5S. The molecule has 3 aliphatic rings. The van der Waals surface area contributed by atoms with Crippen LogP contribution >= 0.6 is 11.6 Å². The molecule has 2 saturated heterocycles. The van der Waals surface area contributed by atoms with Gasteiger partial charge < -0.3 is 23.7 Å². The molecule has 3 atom stereocenters. The Kier molecular flexibility index (Phi) is 8.88. The van der Waals surface area contributed by atoms with Crippen LogP contribution in [0.5, 0.6) is 5.75 Å². The van der Waals surface area contributed by atoms with Gasteiger partial charge in [0.15, 0.2) is 11.9 Å². The number of carbonyl (C=O) groups is 1. The van der Waals surface area contributed by atoms with Gasteiger partial charge in [-0.05, 0) is 89.8 Å². The highest BCUT2D eigenvalue weighted by atomic mass is 35.5. The molecule has 2 heterocycles. The van der Waals surface area contributed by atoms with Crippen molar-refractivity contribution < 1.29 is 23.6 Å². The van der Waals surface area contributed by atoms with Gasteiger partial charge in [-0.3, -0.25) is 4.79 Å². The monoisotopic (exact) mass is 552 g/mol. The zero-order valence-corrected chi connectivity index (χ0v) is 24.3. The fourth-order valence-electron chi connectivity index (χ4n) is 4.98. The van der Waals surface area contributed by atoms with E-state index in [1.54, 1.807) is 6.08 Å². The van der Waals surface area contributed by atoms with Gasteiger partial charge in [0.25, 0.3) is 5.91 Å². The van der Waals surface area contributed by atoms with Crippen LogP contribution in [0.2, 0.25) is 5.02 Å². The maximum Gasteiger partial charge on any atom is 0.254 e. The van der Waals surface area contributed by atoms with Crippen LogP contribution < -0.4 is 9.46 Å². The first-order valence-corrected chi connectivity index (χ1v) is 14.8. The minimum Gasteiger partial charge on any atom is -0.598 e. The number of benzene rings is 1. The maximum absolute atomic E-state index is 13.3. The van der Waals surface area contributed by atoms with Crippen molar-refractivity contribution >= 4 is 28.9 Å². The van der Waals surface area contributed by atoms with Crippen LogP contribution in [0.25, 0.3) is 0 Å². The third-order valence-electron chi connectivity index (χ3n) is 7.23. The third-order valence-corrected chi connectivity index (χ3v) is 9.14. The Morgan fingerprint density at radius 1 is 1.32 bits per heavy atom. The SMILES string of the molecule is C=CCOc1cc(C2CC2)c(Cl)cc1C(N[S+]([O-])C(C)(C)C)C1CCN(C(=O)[C@H]2COC(C)(C)O2)CC1. The lowest BCUT2D eigenvalue weighted by Crippen LogP contribution is -2.48. The summed E-state index contributed by atoms with van der Waals surface area (Å²) in [7, 11) is 0. The number of nitrogens with one attached hydrogen (secondary N) is 1. The molecule has 1 aromatic carbocycles. The largest absolute Gasteiger partial charge is 0.598 e. The van der Waals surface area contributed by atoms with E-state index in [9.17, 15) is 9.35 Å². The van der Waals surface area contributed by atoms with E-state index in [0.29, 0.717) is 25.6 Å². The molecule has 1 N–H and O–H groups in total. The minimum absolute atomic E-state index is 0.0290. The van der Waals surface area contributed by atoms with Gasteiger partial charge in [0, 0.05) is 35.0 Å². The summed E-state index contributed by atoms with van der Waals surface area (Å²) in [5.41, 5.74) is 2.02. The van der Waals surface area contributed by atoms with Crippen molar-refractivity contribution in [3.8, 4) is 5.75 Å². The molecule has 37 heavy (non-hydrogen) atoms. The van der Waals surface area contributed by atoms with Crippen molar-refractivity contribution in [2.75, 3.05) is 26.3 Å². The predicted octanol–water partition coefficient (Wildman–Crippen LogP) is 5.27. The summed E-state index contributed by atoms with van der Waals surface area (Å²) in [6.45, 7) is 15.2. The van der Waals surface area contributed by atoms with E-state index in [1.165, 1.54) is 0 Å². The predicted molar refractivity (Wildman–Crippen MR) is 147 cm³/mol. The molecule has 206 valence electrons. The molecule has 1 aliphatic carbocycles. The van der Waals surface area contributed by atoms with Gasteiger partial charge in [-0.25, -0.2) is 0 Å². The third kappa shape index (κ3) is 7.02. The van der Waals surface area contributed by atoms with E-state index in [1.807, 2.05) is 45.6 Å². The summed E-state index contributed by atoms with van der Waals surface area (Å²) >= 11 is 5.48. The Morgan fingerprint density at radius 3 is 2.54 bits per heavy atom. The first-order valence-electron chi connectivity index (χ1n) is 13.2. The quantitative estimate of drug-likeness (QED) is 0.332. The smallest absolute Gasteiger partial charge is 0.254 e. The number of halogens is 1. The van der Waals surface area contributed by atoms with Gasteiger partial charge >= 0.3 is 0 Å². The lowest BCUT2D eigenvalue weighted by Gasteiger charge is -2.38. The summed E-state index contributed by atoms with van der Waals surface area (Å²) in [5.74, 6) is 0.606. The molecule has 2 unspecified atom stereocenters. The normalized spacial score (nSPS) is 24.1. The fraction of sp³-hybridized carbons (Fsp3) is 0.679. The second kappa shape index (κ2) is 11.4. The van der Waals surface area contributed by atoms with Gasteiger partial charge in [-0.2, -0.15) is 0 Å². The lowest BCUT2D eigenvalue weighted by molar-refractivity contribution is -0.161. The number of hydrogen-bond acceptors (Lipinski definition) is 6. The van der Waals surface area contributed by atoms with E-state index in [-0.39, 0.29) is 24.5 Å². The summed E-state index contributed by atoms with van der Waals surface area (Å²) in [6.07, 6.45) is 4.94. The molecule has 0 aromatic heterocycles. The summed E-state index contributed by atoms with van der Waals surface area (Å²) < 4.78 is 33.8. The second-order valence-electron chi connectivity index (χ2n) is 11.7. The Bertz CT molecular complexity index is 986. The van der Waals surface area contributed by atoms with Crippen LogP contribution in [-0.2, 0) is 25.6 Å². The molecule has 0 spiro atoms. The van der Waals surface area contributed by atoms with Crippen LogP contribution in [0.15, 0.2) is 24.8 Å². The highest BCUT2D eigenvalue weighted by molar-refractivity contribution is 7.90. The highest BCUT2D eigenvalue weighted by Crippen LogP contribution is 2.47. The fourth-order valence-corrected chi connectivity index (χ4v) is 6.21. The van der Waals surface area contributed by atoms with Crippen LogP contribution in [0.3, 0.4) is 0 Å². The van der Waals surface area contributed by atoms with E-state index in [0.717, 1.165) is 47.6 Å². The van der Waals surface area contributed by atoms with Crippen LogP contribution in [0.4, 0.5) is 0 Å². The molecule has 0 bridgehead atoms. The Morgan fingerprint density at radius 2 is 2.00 bits per heavy atom. The van der Waals surface area contributed by atoms with Gasteiger partial charge in [-0.1, -0.05) is 24.3 Å². The number of piperidine rings is 1. The zero-order valence-electron chi connectivity index (χ0n) is 22.7. The Hall–Kier alpha value is -1.29. The average Bonchev–Trinajstić information content (AvgIpc) is 3.62. The van der Waals surface area contributed by atoms with Crippen LogP contribution in [0, 0.1) is 5.92 Å². The lowest BCUT2D eigenvalue weighted by atomic mass is 9.85. The van der Waals surface area contributed by atoms with Crippen molar-refractivity contribution in [3.63, 3.8) is 0 Å². The molecule has 7 nitrogen and oxygen atoms in total. The molecular weight excluding hydrogens is 512 g/mol. The highest BCUT2D eigenvalue weighted by Gasteiger charge is 2.42. The Labute approximate surface area is 229 Å². The first kappa shape index (κ1) is 28.7. The summed E-state index contributed by atoms with van der Waals surface area (Å²) in [5, 5.41) is 0.727. The molecule has 4 rings (SSSR count). The van der Waals surface area contributed by atoms with E-state index < -0.39 is 28.0 Å². The number of carbonyl (C=O) groups excluding carboxylic acids is 1. The molecule has 1 saturated carbocycles. The molecule has 0 radical (unpaired) electrons. The molecule has 9 heteroatoms. The molecule has 2 aliphatic heterocycles. The summed E-state index contributed by atoms with van der Waals surface area (Å²) in [4.78, 5) is 14.9. The number of likely N-dealkylation sites (tertiary alicyclic amines) is 1. The number of ether oxygens (including phenoxy) is 3. The van der Waals surface area contributed by atoms with Crippen LogP contribution in [0.1, 0.15) is 83.4 Å². The first-order chi connectivity index (χ1) is 17.4. The van der Waals surface area contributed by atoms with Gasteiger partial charge in [0.05, 0.1) is 12.6 Å². The summed E-state index contributed by atoms with van der Waals surface area (Å²) in [6, 6.07) is 3.81. The van der Waals surface area contributed by atoms with E-state index >= 15 is 0 Å². The van der Waals surface area contributed by atoms with Crippen molar-refractivity contribution in [3.05, 3.63) is 40.9 Å². The molecule has 1 aromatic rings. The van der Waals surface area contributed by atoms with Crippen molar-refractivity contribution in [2.45, 2.75) is 88.9 Å². The maximum atomic E-state index is 13.3. The topological polar surface area (TPSA) is 83.1 Å².